The summed E-state index contributed by atoms with van der Waals surface area (Å²) in [7, 11) is 0. The second kappa shape index (κ2) is 8.26. The number of cyclic esters (lactones) is 1. The Balaban J connectivity index is 1.98. The predicted molar refractivity (Wildman–Crippen MR) is 97.8 cm³/mol. The molecule has 4 heteroatoms. The molecule has 1 heterocycles. The highest BCUT2D eigenvalue weighted by atomic mass is 16.5. The minimum absolute atomic E-state index is 0.123. The Morgan fingerprint density at radius 1 is 1.08 bits per heavy atom. The first-order valence-electron chi connectivity index (χ1n) is 8.67. The molecule has 130 valence electrons. The minimum atomic E-state index is -0.390. The first-order chi connectivity index (χ1) is 12.7. The van der Waals surface area contributed by atoms with E-state index >= 15 is 0 Å². The third-order valence-corrected chi connectivity index (χ3v) is 4.45. The van der Waals surface area contributed by atoms with Crippen molar-refractivity contribution in [2.24, 2.45) is 5.92 Å². The van der Waals surface area contributed by atoms with Gasteiger partial charge in [-0.15, -0.1) is 0 Å². The molecule has 0 radical (unpaired) electrons. The number of esters is 1. The second-order valence-electron chi connectivity index (χ2n) is 6.24. The van der Waals surface area contributed by atoms with Crippen LogP contribution >= 0.6 is 0 Å². The van der Waals surface area contributed by atoms with E-state index in [1.165, 1.54) is 0 Å². The number of nitrogens with zero attached hydrogens (tertiary/aromatic N) is 1. The molecule has 0 spiro atoms. The lowest BCUT2D eigenvalue weighted by molar-refractivity contribution is -0.142. The zero-order valence-corrected chi connectivity index (χ0v) is 14.4. The molecule has 3 rings (SSSR count). The SMILES string of the molecule is N#CCCCC1CC(C(=O)c2ccccc2)=C(c2ccccc2)OC1=O. The number of hydrogen-bond acceptors (Lipinski definition) is 4. The highest BCUT2D eigenvalue weighted by Gasteiger charge is 2.33. The lowest BCUT2D eigenvalue weighted by atomic mass is 9.86. The largest absolute Gasteiger partial charge is 0.425 e. The number of rotatable bonds is 6. The maximum absolute atomic E-state index is 13.1. The lowest BCUT2D eigenvalue weighted by Gasteiger charge is -2.25. The first kappa shape index (κ1) is 17.6. The third kappa shape index (κ3) is 3.89. The maximum atomic E-state index is 13.1. The van der Waals surface area contributed by atoms with Gasteiger partial charge in [0, 0.05) is 23.1 Å². The van der Waals surface area contributed by atoms with Crippen molar-refractivity contribution in [3.8, 4) is 6.07 Å². The number of carbonyl (C=O) groups excluding carboxylic acids is 2. The van der Waals surface area contributed by atoms with Gasteiger partial charge in [-0.05, 0) is 19.3 Å². The van der Waals surface area contributed by atoms with Gasteiger partial charge in [0.15, 0.2) is 5.78 Å². The Bertz CT molecular complexity index is 863. The van der Waals surface area contributed by atoms with Crippen molar-refractivity contribution in [1.29, 1.82) is 5.26 Å². The van der Waals surface area contributed by atoms with Crippen molar-refractivity contribution in [3.63, 3.8) is 0 Å². The van der Waals surface area contributed by atoms with Crippen LogP contribution in [0.2, 0.25) is 0 Å². The van der Waals surface area contributed by atoms with Gasteiger partial charge in [-0.3, -0.25) is 9.59 Å². The molecule has 4 nitrogen and oxygen atoms in total. The molecule has 26 heavy (non-hydrogen) atoms. The summed E-state index contributed by atoms with van der Waals surface area (Å²) < 4.78 is 5.61. The number of ether oxygens (including phenoxy) is 1. The van der Waals surface area contributed by atoms with Gasteiger partial charge in [0.2, 0.25) is 0 Å². The lowest BCUT2D eigenvalue weighted by Crippen LogP contribution is -2.26. The van der Waals surface area contributed by atoms with E-state index in [1.807, 2.05) is 48.5 Å². The number of Topliss-reactive ketones (excluding diaryl/α,β-unsaturated/α-hetero) is 1. The summed E-state index contributed by atoms with van der Waals surface area (Å²) in [4.78, 5) is 25.5. The fourth-order valence-corrected chi connectivity index (χ4v) is 3.10. The molecule has 0 N–H and O–H groups in total. The van der Waals surface area contributed by atoms with Crippen LogP contribution in [0.1, 0.15) is 41.6 Å². The van der Waals surface area contributed by atoms with Crippen LogP contribution in [0.5, 0.6) is 0 Å². The molecular weight excluding hydrogens is 326 g/mol. The van der Waals surface area contributed by atoms with Gasteiger partial charge >= 0.3 is 5.97 Å². The van der Waals surface area contributed by atoms with Gasteiger partial charge < -0.3 is 4.74 Å². The van der Waals surface area contributed by atoms with E-state index in [0.29, 0.717) is 42.6 Å². The highest BCUT2D eigenvalue weighted by Crippen LogP contribution is 2.35. The standard InChI is InChI=1S/C22H19NO3/c23-14-8-7-13-18-15-19(20(24)16-9-3-1-4-10-16)21(26-22(18)25)17-11-5-2-6-12-17/h1-6,9-12,18H,7-8,13,15H2. The fraction of sp³-hybridized carbons (Fsp3) is 0.227. The average Bonchev–Trinajstić information content (AvgIpc) is 2.70. The van der Waals surface area contributed by atoms with Crippen LogP contribution in [0.25, 0.3) is 5.76 Å². The van der Waals surface area contributed by atoms with Crippen LogP contribution in [0.4, 0.5) is 0 Å². The van der Waals surface area contributed by atoms with Gasteiger partial charge in [-0.2, -0.15) is 5.26 Å². The number of allylic oxidation sites excluding steroid dienone is 1. The molecule has 0 bridgehead atoms. The number of nitriles is 1. The van der Waals surface area contributed by atoms with E-state index in [9.17, 15) is 9.59 Å². The number of hydrogen-bond donors (Lipinski definition) is 0. The van der Waals surface area contributed by atoms with Gasteiger partial charge in [0.25, 0.3) is 0 Å². The van der Waals surface area contributed by atoms with Gasteiger partial charge in [0.05, 0.1) is 12.0 Å². The highest BCUT2D eigenvalue weighted by molar-refractivity contribution is 6.14. The Labute approximate surface area is 152 Å². The van der Waals surface area contributed by atoms with E-state index in [0.717, 1.165) is 5.56 Å². The van der Waals surface area contributed by atoms with Gasteiger partial charge in [0.1, 0.15) is 5.76 Å². The zero-order chi connectivity index (χ0) is 18.4. The summed E-state index contributed by atoms with van der Waals surface area (Å²) in [6, 6.07) is 20.3. The molecule has 0 amide bonds. The third-order valence-electron chi connectivity index (χ3n) is 4.45. The van der Waals surface area contributed by atoms with Crippen molar-refractivity contribution in [1.82, 2.24) is 0 Å². The Kier molecular flexibility index (Phi) is 5.60. The maximum Gasteiger partial charge on any atom is 0.314 e. The molecular formula is C22H19NO3. The van der Waals surface area contributed by atoms with Crippen molar-refractivity contribution in [2.45, 2.75) is 25.7 Å². The summed E-state index contributed by atoms with van der Waals surface area (Å²) in [5.74, 6) is -0.492. The Morgan fingerprint density at radius 3 is 2.38 bits per heavy atom. The average molecular weight is 345 g/mol. The smallest absolute Gasteiger partial charge is 0.314 e. The molecule has 0 saturated carbocycles. The topological polar surface area (TPSA) is 67.2 Å². The van der Waals surface area contributed by atoms with Crippen molar-refractivity contribution < 1.29 is 14.3 Å². The van der Waals surface area contributed by atoms with Crippen LogP contribution in [-0.2, 0) is 9.53 Å². The summed E-state index contributed by atoms with van der Waals surface area (Å²) >= 11 is 0. The van der Waals surface area contributed by atoms with E-state index < -0.39 is 5.92 Å². The molecule has 0 saturated heterocycles. The van der Waals surface area contributed by atoms with E-state index in [1.54, 1.807) is 12.1 Å². The van der Waals surface area contributed by atoms with Gasteiger partial charge in [-0.1, -0.05) is 60.7 Å². The van der Waals surface area contributed by atoms with Crippen LogP contribution < -0.4 is 0 Å². The molecule has 1 aliphatic heterocycles. The quantitative estimate of drug-likeness (QED) is 0.438. The molecule has 2 aromatic rings. The summed E-state index contributed by atoms with van der Waals surface area (Å²) in [6.07, 6.45) is 1.88. The molecule has 0 aromatic heterocycles. The van der Waals surface area contributed by atoms with Crippen molar-refractivity contribution >= 4 is 17.5 Å². The first-order valence-corrected chi connectivity index (χ1v) is 8.67. The molecule has 0 fully saturated rings. The second-order valence-corrected chi connectivity index (χ2v) is 6.24. The molecule has 2 aromatic carbocycles. The monoisotopic (exact) mass is 345 g/mol. The zero-order valence-electron chi connectivity index (χ0n) is 14.4. The Morgan fingerprint density at radius 2 is 1.73 bits per heavy atom. The molecule has 0 aliphatic carbocycles. The fourth-order valence-electron chi connectivity index (χ4n) is 3.10. The Hall–Kier alpha value is -3.19. The van der Waals surface area contributed by atoms with E-state index in [-0.39, 0.29) is 11.8 Å². The summed E-state index contributed by atoms with van der Waals surface area (Å²) in [5.41, 5.74) is 1.81. The molecule has 1 aliphatic rings. The van der Waals surface area contributed by atoms with Crippen molar-refractivity contribution in [3.05, 3.63) is 77.4 Å². The summed E-state index contributed by atoms with van der Waals surface area (Å²) in [6.45, 7) is 0. The van der Waals surface area contributed by atoms with Crippen LogP contribution in [0.15, 0.2) is 66.2 Å². The summed E-state index contributed by atoms with van der Waals surface area (Å²) in [5, 5.41) is 8.71. The van der Waals surface area contributed by atoms with Crippen LogP contribution in [0, 0.1) is 17.2 Å². The van der Waals surface area contributed by atoms with Crippen LogP contribution in [-0.4, -0.2) is 11.8 Å². The minimum Gasteiger partial charge on any atom is -0.425 e. The number of carbonyl (C=O) groups is 2. The number of unbranched alkanes of at least 4 members (excludes halogenated alkanes) is 1. The van der Waals surface area contributed by atoms with Crippen molar-refractivity contribution in [2.75, 3.05) is 0 Å². The predicted octanol–water partition coefficient (Wildman–Crippen LogP) is 4.54. The van der Waals surface area contributed by atoms with Crippen LogP contribution in [0.3, 0.4) is 0 Å². The normalized spacial score (nSPS) is 16.7. The van der Waals surface area contributed by atoms with Gasteiger partial charge in [-0.25, -0.2) is 0 Å². The van der Waals surface area contributed by atoms with E-state index in [2.05, 4.69) is 6.07 Å². The molecule has 1 unspecified atom stereocenters. The number of benzene rings is 2. The van der Waals surface area contributed by atoms with E-state index in [4.69, 9.17) is 10.00 Å². The molecule has 1 atom stereocenters. The number of ketones is 1.